The van der Waals surface area contributed by atoms with Gasteiger partial charge in [0, 0.05) is 0 Å². The van der Waals surface area contributed by atoms with Gasteiger partial charge in [-0.1, -0.05) is 24.3 Å². The smallest absolute Gasteiger partial charge is 0.228 e. The molecule has 0 atom stereocenters. The summed E-state index contributed by atoms with van der Waals surface area (Å²) in [5, 5.41) is 2.89. The van der Waals surface area contributed by atoms with Crippen LogP contribution in [0.25, 0.3) is 0 Å². The van der Waals surface area contributed by atoms with Gasteiger partial charge in [0.1, 0.15) is 0 Å². The molecule has 20 heavy (non-hydrogen) atoms. The molecule has 0 saturated heterocycles. The van der Waals surface area contributed by atoms with Crippen molar-refractivity contribution in [3.63, 3.8) is 0 Å². The van der Waals surface area contributed by atoms with Gasteiger partial charge in [0.15, 0.2) is 0 Å². The number of aryl methyl sites for hydroxylation is 3. The molecule has 3 heteroatoms. The predicted octanol–water partition coefficient (Wildman–Crippen LogP) is 3.38. The van der Waals surface area contributed by atoms with Crippen LogP contribution in [0.4, 0.5) is 11.4 Å². The molecule has 0 bridgehead atoms. The van der Waals surface area contributed by atoms with E-state index in [1.807, 2.05) is 57.2 Å². The van der Waals surface area contributed by atoms with Gasteiger partial charge >= 0.3 is 0 Å². The molecule has 0 unspecified atom stereocenters. The summed E-state index contributed by atoms with van der Waals surface area (Å²) >= 11 is 0. The number of carbonyl (C=O) groups excluding carboxylic acids is 1. The second-order valence-electron chi connectivity index (χ2n) is 5.18. The summed E-state index contributed by atoms with van der Waals surface area (Å²) in [5.74, 6) is -0.0470. The van der Waals surface area contributed by atoms with E-state index in [9.17, 15) is 4.79 Å². The van der Waals surface area contributed by atoms with E-state index in [1.54, 1.807) is 0 Å². The van der Waals surface area contributed by atoms with Crippen molar-refractivity contribution in [2.24, 2.45) is 0 Å². The molecule has 2 aromatic rings. The standard InChI is InChI=1S/C17H20N2O/c1-11-6-4-5-7-14(11)10-17(20)19-16-9-13(3)12(2)8-15(16)18/h4-9H,10,18H2,1-3H3,(H,19,20). The Kier molecular flexibility index (Phi) is 4.08. The minimum atomic E-state index is -0.0470. The van der Waals surface area contributed by atoms with Gasteiger partial charge in [0.25, 0.3) is 0 Å². The Morgan fingerprint density at radius 2 is 1.70 bits per heavy atom. The van der Waals surface area contributed by atoms with Crippen LogP contribution in [0.3, 0.4) is 0 Å². The number of benzene rings is 2. The van der Waals surface area contributed by atoms with Gasteiger partial charge in [0.05, 0.1) is 17.8 Å². The highest BCUT2D eigenvalue weighted by molar-refractivity contribution is 5.95. The highest BCUT2D eigenvalue weighted by atomic mass is 16.1. The van der Waals surface area contributed by atoms with Crippen molar-refractivity contribution >= 4 is 17.3 Å². The van der Waals surface area contributed by atoms with E-state index in [2.05, 4.69) is 5.32 Å². The minimum absolute atomic E-state index is 0.0470. The van der Waals surface area contributed by atoms with Crippen LogP contribution in [0, 0.1) is 20.8 Å². The van der Waals surface area contributed by atoms with Gasteiger partial charge in [-0.2, -0.15) is 0 Å². The molecule has 0 aliphatic carbocycles. The summed E-state index contributed by atoms with van der Waals surface area (Å²) in [7, 11) is 0. The molecule has 0 aliphatic heterocycles. The fourth-order valence-electron chi connectivity index (χ4n) is 2.12. The van der Waals surface area contributed by atoms with E-state index in [4.69, 9.17) is 5.73 Å². The Morgan fingerprint density at radius 1 is 1.05 bits per heavy atom. The van der Waals surface area contributed by atoms with Crippen LogP contribution in [0.2, 0.25) is 0 Å². The topological polar surface area (TPSA) is 55.1 Å². The van der Waals surface area contributed by atoms with Crippen LogP contribution < -0.4 is 11.1 Å². The van der Waals surface area contributed by atoms with E-state index in [1.165, 1.54) is 0 Å². The van der Waals surface area contributed by atoms with E-state index < -0.39 is 0 Å². The minimum Gasteiger partial charge on any atom is -0.397 e. The first-order chi connectivity index (χ1) is 9.47. The molecule has 3 N–H and O–H groups in total. The molecule has 0 fully saturated rings. The summed E-state index contributed by atoms with van der Waals surface area (Å²) in [4.78, 5) is 12.1. The molecule has 3 nitrogen and oxygen atoms in total. The molecule has 0 spiro atoms. The molecule has 0 radical (unpaired) electrons. The van der Waals surface area contributed by atoms with Crippen LogP contribution in [0.15, 0.2) is 36.4 Å². The third-order valence-electron chi connectivity index (χ3n) is 3.55. The molecular formula is C17H20N2O. The maximum Gasteiger partial charge on any atom is 0.228 e. The third-order valence-corrected chi connectivity index (χ3v) is 3.55. The number of nitrogens with two attached hydrogens (primary N) is 1. The zero-order chi connectivity index (χ0) is 14.7. The van der Waals surface area contributed by atoms with E-state index >= 15 is 0 Å². The largest absolute Gasteiger partial charge is 0.397 e. The van der Waals surface area contributed by atoms with Crippen LogP contribution >= 0.6 is 0 Å². The number of nitrogen functional groups attached to an aromatic ring is 1. The maximum absolute atomic E-state index is 12.1. The van der Waals surface area contributed by atoms with E-state index in [-0.39, 0.29) is 5.91 Å². The number of anilines is 2. The lowest BCUT2D eigenvalue weighted by molar-refractivity contribution is -0.115. The van der Waals surface area contributed by atoms with Crippen molar-refractivity contribution in [2.75, 3.05) is 11.1 Å². The molecule has 2 rings (SSSR count). The average Bonchev–Trinajstić information content (AvgIpc) is 2.39. The monoisotopic (exact) mass is 268 g/mol. The van der Waals surface area contributed by atoms with E-state index in [0.717, 1.165) is 22.3 Å². The molecule has 0 heterocycles. The summed E-state index contributed by atoms with van der Waals surface area (Å²) in [5.41, 5.74) is 11.6. The van der Waals surface area contributed by atoms with Crippen LogP contribution in [0.1, 0.15) is 22.3 Å². The third kappa shape index (κ3) is 3.18. The first-order valence-electron chi connectivity index (χ1n) is 6.68. The summed E-state index contributed by atoms with van der Waals surface area (Å²) in [6.45, 7) is 6.02. The fourth-order valence-corrected chi connectivity index (χ4v) is 2.12. The van der Waals surface area contributed by atoms with Crippen molar-refractivity contribution < 1.29 is 4.79 Å². The predicted molar refractivity (Wildman–Crippen MR) is 83.8 cm³/mol. The SMILES string of the molecule is Cc1cc(N)c(NC(=O)Cc2ccccc2C)cc1C. The fraction of sp³-hybridized carbons (Fsp3) is 0.235. The van der Waals surface area contributed by atoms with Crippen molar-refractivity contribution in [1.29, 1.82) is 0 Å². The Hall–Kier alpha value is -2.29. The van der Waals surface area contributed by atoms with Crippen molar-refractivity contribution in [3.05, 3.63) is 58.7 Å². The zero-order valence-corrected chi connectivity index (χ0v) is 12.2. The summed E-state index contributed by atoms with van der Waals surface area (Å²) in [6, 6.07) is 11.7. The van der Waals surface area contributed by atoms with Crippen LogP contribution in [-0.4, -0.2) is 5.91 Å². The van der Waals surface area contributed by atoms with Gasteiger partial charge in [-0.3, -0.25) is 4.79 Å². The Labute approximate surface area is 119 Å². The Bertz CT molecular complexity index is 647. The second kappa shape index (κ2) is 5.78. The van der Waals surface area contributed by atoms with Crippen molar-refractivity contribution in [2.45, 2.75) is 27.2 Å². The molecule has 0 aromatic heterocycles. The highest BCUT2D eigenvalue weighted by Gasteiger charge is 2.09. The lowest BCUT2D eigenvalue weighted by Crippen LogP contribution is -2.16. The quantitative estimate of drug-likeness (QED) is 0.838. The lowest BCUT2D eigenvalue weighted by Gasteiger charge is -2.12. The molecule has 1 amide bonds. The van der Waals surface area contributed by atoms with Crippen molar-refractivity contribution in [3.8, 4) is 0 Å². The summed E-state index contributed by atoms with van der Waals surface area (Å²) in [6.07, 6.45) is 0.360. The van der Waals surface area contributed by atoms with E-state index in [0.29, 0.717) is 17.8 Å². The van der Waals surface area contributed by atoms with Gasteiger partial charge < -0.3 is 11.1 Å². The first-order valence-corrected chi connectivity index (χ1v) is 6.68. The first kappa shape index (κ1) is 14.1. The number of hydrogen-bond acceptors (Lipinski definition) is 2. The molecule has 0 aliphatic rings. The van der Waals surface area contributed by atoms with Gasteiger partial charge in [-0.25, -0.2) is 0 Å². The van der Waals surface area contributed by atoms with Gasteiger partial charge in [0.2, 0.25) is 5.91 Å². The normalized spacial score (nSPS) is 10.3. The Balaban J connectivity index is 2.13. The van der Waals surface area contributed by atoms with Crippen LogP contribution in [0.5, 0.6) is 0 Å². The highest BCUT2D eigenvalue weighted by Crippen LogP contribution is 2.23. The average molecular weight is 268 g/mol. The molecular weight excluding hydrogens is 248 g/mol. The van der Waals surface area contributed by atoms with Crippen LogP contribution in [-0.2, 0) is 11.2 Å². The molecule has 0 saturated carbocycles. The zero-order valence-electron chi connectivity index (χ0n) is 12.2. The second-order valence-corrected chi connectivity index (χ2v) is 5.18. The Morgan fingerprint density at radius 3 is 2.40 bits per heavy atom. The number of rotatable bonds is 3. The van der Waals surface area contributed by atoms with Crippen molar-refractivity contribution in [1.82, 2.24) is 0 Å². The maximum atomic E-state index is 12.1. The van der Waals surface area contributed by atoms with Gasteiger partial charge in [-0.05, 0) is 55.2 Å². The number of amides is 1. The summed E-state index contributed by atoms with van der Waals surface area (Å²) < 4.78 is 0. The number of carbonyl (C=O) groups is 1. The lowest BCUT2D eigenvalue weighted by atomic mass is 10.0. The number of hydrogen-bond donors (Lipinski definition) is 2. The molecule has 104 valence electrons. The van der Waals surface area contributed by atoms with Gasteiger partial charge in [-0.15, -0.1) is 0 Å². The number of nitrogens with one attached hydrogen (secondary N) is 1. The molecule has 2 aromatic carbocycles.